The molecule has 2 aromatic carbocycles. The zero-order valence-corrected chi connectivity index (χ0v) is 15.6. The number of carbonyl (C=O) groups excluding carboxylic acids is 1. The standard InChI is InChI=1S/C18H20BrN3O3/c1-24-11-7-8-12(17(9-11)25-2)15-10-16(22-21-15)18(23)20-14-6-4-3-5-13(14)19/h3-9,15-16,21-22H,10H2,1-2H3,(H,20,23). The minimum absolute atomic E-state index is 0.0316. The van der Waals surface area contributed by atoms with E-state index in [9.17, 15) is 4.79 Å². The SMILES string of the molecule is COc1ccc(C2CC(C(=O)Nc3ccccc3Br)NN2)c(OC)c1. The number of halogens is 1. The van der Waals surface area contributed by atoms with E-state index in [4.69, 9.17) is 9.47 Å². The maximum atomic E-state index is 12.5. The summed E-state index contributed by atoms with van der Waals surface area (Å²) in [5.41, 5.74) is 7.96. The first-order valence-electron chi connectivity index (χ1n) is 7.90. The number of hydrogen-bond donors (Lipinski definition) is 3. The number of anilines is 1. The Hall–Kier alpha value is -2.09. The predicted molar refractivity (Wildman–Crippen MR) is 99.7 cm³/mol. The second-order valence-corrected chi connectivity index (χ2v) is 6.56. The van der Waals surface area contributed by atoms with Crippen LogP contribution in [-0.4, -0.2) is 26.2 Å². The number of hydrogen-bond acceptors (Lipinski definition) is 5. The molecule has 2 aromatic rings. The van der Waals surface area contributed by atoms with Gasteiger partial charge in [-0.3, -0.25) is 4.79 Å². The third-order valence-corrected chi connectivity index (χ3v) is 4.86. The quantitative estimate of drug-likeness (QED) is 0.712. The van der Waals surface area contributed by atoms with E-state index < -0.39 is 0 Å². The minimum Gasteiger partial charge on any atom is -0.497 e. The van der Waals surface area contributed by atoms with E-state index in [0.717, 1.165) is 27.2 Å². The fraction of sp³-hybridized carbons (Fsp3) is 0.278. The highest BCUT2D eigenvalue weighted by Gasteiger charge is 2.32. The Morgan fingerprint density at radius 2 is 1.96 bits per heavy atom. The lowest BCUT2D eigenvalue weighted by Gasteiger charge is -2.15. The molecule has 0 bridgehead atoms. The summed E-state index contributed by atoms with van der Waals surface area (Å²) in [6, 6.07) is 12.8. The van der Waals surface area contributed by atoms with Gasteiger partial charge in [0.15, 0.2) is 0 Å². The molecule has 0 aliphatic carbocycles. The van der Waals surface area contributed by atoms with E-state index in [0.29, 0.717) is 6.42 Å². The van der Waals surface area contributed by atoms with Crippen LogP contribution in [0.3, 0.4) is 0 Å². The predicted octanol–water partition coefficient (Wildman–Crippen LogP) is 3.01. The van der Waals surface area contributed by atoms with Crippen molar-refractivity contribution in [1.82, 2.24) is 10.9 Å². The second-order valence-electron chi connectivity index (χ2n) is 5.71. The van der Waals surface area contributed by atoms with Crippen LogP contribution in [0, 0.1) is 0 Å². The highest BCUT2D eigenvalue weighted by Crippen LogP contribution is 2.33. The van der Waals surface area contributed by atoms with Gasteiger partial charge in [0, 0.05) is 16.1 Å². The molecule has 1 amide bonds. The Bertz CT molecular complexity index is 769. The van der Waals surface area contributed by atoms with Gasteiger partial charge < -0.3 is 14.8 Å². The number of methoxy groups -OCH3 is 2. The van der Waals surface area contributed by atoms with Crippen LogP contribution in [0.1, 0.15) is 18.0 Å². The van der Waals surface area contributed by atoms with Gasteiger partial charge in [-0.2, -0.15) is 0 Å². The Morgan fingerprint density at radius 3 is 2.68 bits per heavy atom. The van der Waals surface area contributed by atoms with Crippen LogP contribution in [0.15, 0.2) is 46.9 Å². The van der Waals surface area contributed by atoms with Crippen LogP contribution in [0.25, 0.3) is 0 Å². The average molecular weight is 406 g/mol. The summed E-state index contributed by atoms with van der Waals surface area (Å²) in [6.07, 6.45) is 0.610. The molecule has 132 valence electrons. The fourth-order valence-electron chi connectivity index (χ4n) is 2.82. The second kappa shape index (κ2) is 7.86. The van der Waals surface area contributed by atoms with Gasteiger partial charge in [0.2, 0.25) is 5.91 Å². The molecule has 1 aliphatic heterocycles. The van der Waals surface area contributed by atoms with Gasteiger partial charge in [-0.25, -0.2) is 10.9 Å². The summed E-state index contributed by atoms with van der Waals surface area (Å²) >= 11 is 3.44. The Morgan fingerprint density at radius 1 is 1.16 bits per heavy atom. The maximum absolute atomic E-state index is 12.5. The van der Waals surface area contributed by atoms with Crippen molar-refractivity contribution in [2.45, 2.75) is 18.5 Å². The average Bonchev–Trinajstić information content (AvgIpc) is 3.13. The highest BCUT2D eigenvalue weighted by molar-refractivity contribution is 9.10. The molecule has 3 rings (SSSR count). The van der Waals surface area contributed by atoms with Gasteiger partial charge in [-0.05, 0) is 40.5 Å². The lowest BCUT2D eigenvalue weighted by Crippen LogP contribution is -2.39. The Labute approximate surface area is 155 Å². The molecule has 1 fully saturated rings. The summed E-state index contributed by atoms with van der Waals surface area (Å²) in [7, 11) is 3.24. The number of benzene rings is 2. The molecule has 1 heterocycles. The van der Waals surface area contributed by atoms with Crippen LogP contribution in [0.5, 0.6) is 11.5 Å². The lowest BCUT2D eigenvalue weighted by atomic mass is 10.0. The van der Waals surface area contributed by atoms with Crippen LogP contribution in [-0.2, 0) is 4.79 Å². The summed E-state index contributed by atoms with van der Waals surface area (Å²) in [6.45, 7) is 0. The number of rotatable bonds is 5. The molecular weight excluding hydrogens is 386 g/mol. The molecule has 2 atom stereocenters. The number of nitrogens with one attached hydrogen (secondary N) is 3. The van der Waals surface area contributed by atoms with Crippen molar-refractivity contribution >= 4 is 27.5 Å². The first-order chi connectivity index (χ1) is 12.1. The van der Waals surface area contributed by atoms with Crippen molar-refractivity contribution in [1.29, 1.82) is 0 Å². The molecule has 1 aliphatic rings. The maximum Gasteiger partial charge on any atom is 0.242 e. The van der Waals surface area contributed by atoms with E-state index in [1.165, 1.54) is 0 Å². The number of hydrazine groups is 1. The van der Waals surface area contributed by atoms with E-state index in [1.54, 1.807) is 14.2 Å². The molecule has 6 nitrogen and oxygen atoms in total. The number of amides is 1. The topological polar surface area (TPSA) is 71.6 Å². The van der Waals surface area contributed by atoms with E-state index in [-0.39, 0.29) is 18.0 Å². The van der Waals surface area contributed by atoms with Gasteiger partial charge in [0.1, 0.15) is 17.5 Å². The number of para-hydroxylation sites is 1. The largest absolute Gasteiger partial charge is 0.497 e. The van der Waals surface area contributed by atoms with E-state index in [2.05, 4.69) is 32.1 Å². The van der Waals surface area contributed by atoms with Crippen LogP contribution >= 0.6 is 15.9 Å². The molecule has 0 aromatic heterocycles. The highest BCUT2D eigenvalue weighted by atomic mass is 79.9. The Kier molecular flexibility index (Phi) is 5.57. The summed E-state index contributed by atoms with van der Waals surface area (Å²) < 4.78 is 11.5. The lowest BCUT2D eigenvalue weighted by molar-refractivity contribution is -0.117. The van der Waals surface area contributed by atoms with E-state index >= 15 is 0 Å². The first kappa shape index (κ1) is 17.7. The van der Waals surface area contributed by atoms with Gasteiger partial charge in [0.25, 0.3) is 0 Å². The molecule has 2 unspecified atom stereocenters. The summed E-state index contributed by atoms with van der Waals surface area (Å²) in [5.74, 6) is 1.37. The van der Waals surface area contributed by atoms with Crippen LogP contribution < -0.4 is 25.6 Å². The van der Waals surface area contributed by atoms with Crippen molar-refractivity contribution in [3.63, 3.8) is 0 Å². The molecule has 0 spiro atoms. The third-order valence-electron chi connectivity index (χ3n) is 4.17. The van der Waals surface area contributed by atoms with Gasteiger partial charge >= 0.3 is 0 Å². The third kappa shape index (κ3) is 3.95. The van der Waals surface area contributed by atoms with E-state index in [1.807, 2.05) is 42.5 Å². The van der Waals surface area contributed by atoms with Gasteiger partial charge in [0.05, 0.1) is 25.9 Å². The molecule has 7 heteroatoms. The smallest absolute Gasteiger partial charge is 0.242 e. The first-order valence-corrected chi connectivity index (χ1v) is 8.70. The zero-order chi connectivity index (χ0) is 17.8. The zero-order valence-electron chi connectivity index (χ0n) is 14.0. The fourth-order valence-corrected chi connectivity index (χ4v) is 3.20. The molecule has 0 radical (unpaired) electrons. The molecule has 1 saturated heterocycles. The van der Waals surface area contributed by atoms with Crippen LogP contribution in [0.4, 0.5) is 5.69 Å². The van der Waals surface area contributed by atoms with Crippen molar-refractivity contribution in [2.75, 3.05) is 19.5 Å². The molecular formula is C18H20BrN3O3. The van der Waals surface area contributed by atoms with Gasteiger partial charge in [-0.15, -0.1) is 0 Å². The number of ether oxygens (including phenoxy) is 2. The van der Waals surface area contributed by atoms with Crippen molar-refractivity contribution < 1.29 is 14.3 Å². The normalized spacial score (nSPS) is 19.5. The molecule has 25 heavy (non-hydrogen) atoms. The van der Waals surface area contributed by atoms with Crippen molar-refractivity contribution in [3.05, 3.63) is 52.5 Å². The van der Waals surface area contributed by atoms with Crippen LogP contribution in [0.2, 0.25) is 0 Å². The Balaban J connectivity index is 1.69. The van der Waals surface area contributed by atoms with Crippen molar-refractivity contribution in [2.24, 2.45) is 0 Å². The summed E-state index contributed by atoms with van der Waals surface area (Å²) in [5, 5.41) is 2.93. The number of carbonyl (C=O) groups is 1. The molecule has 0 saturated carbocycles. The summed E-state index contributed by atoms with van der Waals surface area (Å²) in [4.78, 5) is 12.5. The minimum atomic E-state index is -0.344. The molecule has 3 N–H and O–H groups in total. The monoisotopic (exact) mass is 405 g/mol. The van der Waals surface area contributed by atoms with Crippen molar-refractivity contribution in [3.8, 4) is 11.5 Å². The van der Waals surface area contributed by atoms with Gasteiger partial charge in [-0.1, -0.05) is 18.2 Å².